The highest BCUT2D eigenvalue weighted by atomic mass is 16.3. The third-order valence-corrected chi connectivity index (χ3v) is 3.21. The number of aromatic nitrogens is 4. The summed E-state index contributed by atoms with van der Waals surface area (Å²) in [5.41, 5.74) is 8.07. The van der Waals surface area contributed by atoms with Crippen LogP contribution in [0.3, 0.4) is 0 Å². The Hall–Kier alpha value is -2.19. The largest absolute Gasteiger partial charge is 0.396 e. The number of nitrogens with zero attached hydrogens (tertiary/aromatic N) is 4. The molecule has 0 saturated heterocycles. The van der Waals surface area contributed by atoms with Gasteiger partial charge < -0.3 is 21.3 Å². The summed E-state index contributed by atoms with van der Waals surface area (Å²) in [7, 11) is 0. The second-order valence-electron chi connectivity index (χ2n) is 4.69. The van der Waals surface area contributed by atoms with E-state index >= 15 is 0 Å². The van der Waals surface area contributed by atoms with Crippen LogP contribution in [-0.2, 0) is 0 Å². The van der Waals surface area contributed by atoms with Crippen LogP contribution in [0.2, 0.25) is 0 Å². The molecule has 1 saturated carbocycles. The van der Waals surface area contributed by atoms with Crippen molar-refractivity contribution in [2.24, 2.45) is 5.92 Å². The minimum Gasteiger partial charge on any atom is -0.396 e. The standard InChI is InChI=1S/C12H16N6O2/c13-12-16-10(14-1-2-19)9-11(17-12)18(6-15-9)4-7-3-8(7)5-20/h4,6,8,19-20H,1-3,5H2,(H3,13,14,16,17)/t8-/m1/s1. The highest BCUT2D eigenvalue weighted by Crippen LogP contribution is 2.37. The van der Waals surface area contributed by atoms with E-state index < -0.39 is 0 Å². The van der Waals surface area contributed by atoms with Gasteiger partial charge in [-0.15, -0.1) is 0 Å². The van der Waals surface area contributed by atoms with E-state index in [9.17, 15) is 0 Å². The lowest BCUT2D eigenvalue weighted by molar-refractivity contribution is 0.281. The average molecular weight is 276 g/mol. The summed E-state index contributed by atoms with van der Waals surface area (Å²) < 4.78 is 1.78. The molecule has 1 aliphatic carbocycles. The molecule has 8 nitrogen and oxygen atoms in total. The zero-order chi connectivity index (χ0) is 14.1. The van der Waals surface area contributed by atoms with Crippen LogP contribution in [0.15, 0.2) is 11.9 Å². The number of hydrogen-bond acceptors (Lipinski definition) is 7. The first-order valence-electron chi connectivity index (χ1n) is 6.39. The van der Waals surface area contributed by atoms with Crippen LogP contribution < -0.4 is 11.1 Å². The van der Waals surface area contributed by atoms with Crippen LogP contribution in [0, 0.1) is 5.92 Å². The zero-order valence-corrected chi connectivity index (χ0v) is 10.8. The highest BCUT2D eigenvalue weighted by molar-refractivity contribution is 5.85. The van der Waals surface area contributed by atoms with Gasteiger partial charge in [0.2, 0.25) is 5.95 Å². The first-order valence-corrected chi connectivity index (χ1v) is 6.39. The van der Waals surface area contributed by atoms with E-state index in [0.29, 0.717) is 23.5 Å². The van der Waals surface area contributed by atoms with E-state index in [4.69, 9.17) is 15.9 Å². The van der Waals surface area contributed by atoms with Crippen LogP contribution in [-0.4, -0.2) is 49.5 Å². The van der Waals surface area contributed by atoms with Crippen LogP contribution in [0.25, 0.3) is 17.4 Å². The Morgan fingerprint density at radius 3 is 3.00 bits per heavy atom. The van der Waals surface area contributed by atoms with Gasteiger partial charge in [0.05, 0.1) is 6.61 Å². The number of aliphatic hydroxyl groups is 2. The molecule has 0 bridgehead atoms. The molecule has 0 unspecified atom stereocenters. The quantitative estimate of drug-likeness (QED) is 0.589. The minimum absolute atomic E-state index is 0.00561. The number of hydrogen-bond donors (Lipinski definition) is 4. The van der Waals surface area contributed by atoms with Gasteiger partial charge in [0.1, 0.15) is 6.33 Å². The predicted molar refractivity (Wildman–Crippen MR) is 74.8 cm³/mol. The van der Waals surface area contributed by atoms with Gasteiger partial charge in [-0.3, -0.25) is 4.57 Å². The normalized spacial score (nSPS) is 19.7. The highest BCUT2D eigenvalue weighted by Gasteiger charge is 2.29. The molecule has 0 aromatic carbocycles. The maximum Gasteiger partial charge on any atom is 0.224 e. The molecule has 2 aromatic rings. The molecule has 8 heteroatoms. The molecule has 2 aromatic heterocycles. The second kappa shape index (κ2) is 5.06. The molecular formula is C12H16N6O2. The van der Waals surface area contributed by atoms with Crippen LogP contribution in [0.5, 0.6) is 0 Å². The first kappa shape index (κ1) is 12.8. The SMILES string of the molecule is Nc1nc(NCCO)c2ncn(C=C3C[C@@H]3CO)c2n1. The van der Waals surface area contributed by atoms with E-state index in [1.807, 2.05) is 6.20 Å². The number of nitrogens with one attached hydrogen (secondary N) is 1. The van der Waals surface area contributed by atoms with Crippen molar-refractivity contribution < 1.29 is 10.2 Å². The van der Waals surface area contributed by atoms with Gasteiger partial charge in [-0.05, 0) is 12.0 Å². The summed E-state index contributed by atoms with van der Waals surface area (Å²) in [6.45, 7) is 0.527. The van der Waals surface area contributed by atoms with Gasteiger partial charge in [0, 0.05) is 25.3 Å². The minimum atomic E-state index is -0.00561. The maximum atomic E-state index is 9.06. The van der Waals surface area contributed by atoms with Crippen molar-refractivity contribution in [3.63, 3.8) is 0 Å². The summed E-state index contributed by atoms with van der Waals surface area (Å²) >= 11 is 0. The molecule has 0 amide bonds. The first-order chi connectivity index (χ1) is 9.72. The summed E-state index contributed by atoms with van der Waals surface area (Å²) in [5.74, 6) is 0.902. The third-order valence-electron chi connectivity index (χ3n) is 3.21. The summed E-state index contributed by atoms with van der Waals surface area (Å²) in [6.07, 6.45) is 4.45. The maximum absolute atomic E-state index is 9.06. The number of rotatable bonds is 5. The van der Waals surface area contributed by atoms with Crippen molar-refractivity contribution in [2.75, 3.05) is 30.8 Å². The fraction of sp³-hybridized carbons (Fsp3) is 0.417. The molecule has 3 rings (SSSR count). The molecular weight excluding hydrogens is 260 g/mol. The van der Waals surface area contributed by atoms with Gasteiger partial charge in [-0.25, -0.2) is 4.98 Å². The van der Waals surface area contributed by atoms with Crippen molar-refractivity contribution in [1.82, 2.24) is 19.5 Å². The van der Waals surface area contributed by atoms with E-state index in [-0.39, 0.29) is 25.1 Å². The molecule has 0 aliphatic heterocycles. The molecule has 5 N–H and O–H groups in total. The third kappa shape index (κ3) is 2.30. The number of fused-ring (bicyclic) bond motifs is 1. The van der Waals surface area contributed by atoms with E-state index in [1.165, 1.54) is 0 Å². The number of aliphatic hydroxyl groups excluding tert-OH is 2. The number of anilines is 2. The Labute approximate surface area is 115 Å². The summed E-state index contributed by atoms with van der Waals surface area (Å²) in [5, 5.41) is 20.9. The Balaban J connectivity index is 1.99. The van der Waals surface area contributed by atoms with Crippen molar-refractivity contribution in [1.29, 1.82) is 0 Å². The van der Waals surface area contributed by atoms with Crippen molar-refractivity contribution in [2.45, 2.75) is 6.42 Å². The second-order valence-corrected chi connectivity index (χ2v) is 4.69. The van der Waals surface area contributed by atoms with Crippen molar-refractivity contribution in [3.05, 3.63) is 11.9 Å². The lowest BCUT2D eigenvalue weighted by atomic mass is 10.4. The fourth-order valence-corrected chi connectivity index (χ4v) is 2.07. The van der Waals surface area contributed by atoms with Gasteiger partial charge in [-0.1, -0.05) is 0 Å². The monoisotopic (exact) mass is 276 g/mol. The molecule has 0 radical (unpaired) electrons. The van der Waals surface area contributed by atoms with Gasteiger partial charge >= 0.3 is 0 Å². The fourth-order valence-electron chi connectivity index (χ4n) is 2.07. The van der Waals surface area contributed by atoms with Crippen molar-refractivity contribution in [3.8, 4) is 0 Å². The van der Waals surface area contributed by atoms with Crippen LogP contribution >= 0.6 is 0 Å². The van der Waals surface area contributed by atoms with Gasteiger partial charge in [0.25, 0.3) is 0 Å². The molecule has 1 atom stereocenters. The summed E-state index contributed by atoms with van der Waals surface area (Å²) in [4.78, 5) is 12.6. The lowest BCUT2D eigenvalue weighted by Crippen LogP contribution is -2.09. The van der Waals surface area contributed by atoms with Crippen molar-refractivity contribution >= 4 is 29.1 Å². The molecule has 1 fully saturated rings. The Morgan fingerprint density at radius 2 is 2.30 bits per heavy atom. The van der Waals surface area contributed by atoms with E-state index in [2.05, 4.69) is 20.3 Å². The number of nitrogens with two attached hydrogens (primary N) is 1. The smallest absolute Gasteiger partial charge is 0.224 e. The predicted octanol–water partition coefficient (Wildman–Crippen LogP) is -0.334. The summed E-state index contributed by atoms with van der Waals surface area (Å²) in [6, 6.07) is 0. The van der Waals surface area contributed by atoms with E-state index in [0.717, 1.165) is 12.0 Å². The zero-order valence-electron chi connectivity index (χ0n) is 10.8. The molecule has 1 aliphatic rings. The van der Waals surface area contributed by atoms with Gasteiger partial charge in [-0.2, -0.15) is 9.97 Å². The molecule has 106 valence electrons. The van der Waals surface area contributed by atoms with Crippen LogP contribution in [0.1, 0.15) is 6.42 Å². The Bertz CT molecular complexity index is 665. The van der Waals surface area contributed by atoms with Gasteiger partial charge in [0.15, 0.2) is 17.0 Å². The number of imidazole rings is 1. The average Bonchev–Trinajstić information content (AvgIpc) is 3.08. The number of nitrogen functional groups attached to an aromatic ring is 1. The molecule has 0 spiro atoms. The van der Waals surface area contributed by atoms with Crippen LogP contribution in [0.4, 0.5) is 11.8 Å². The molecule has 20 heavy (non-hydrogen) atoms. The molecule has 2 heterocycles. The lowest BCUT2D eigenvalue weighted by Gasteiger charge is -2.05. The topological polar surface area (TPSA) is 122 Å². The Morgan fingerprint density at radius 1 is 1.45 bits per heavy atom. The van der Waals surface area contributed by atoms with E-state index in [1.54, 1.807) is 10.9 Å². The Kier molecular flexibility index (Phi) is 3.25.